The van der Waals surface area contributed by atoms with E-state index >= 15 is 0 Å². The highest BCUT2D eigenvalue weighted by atomic mass is 16.5. The first kappa shape index (κ1) is 19.3. The molecule has 1 aromatic carbocycles. The minimum atomic E-state index is -0.0942. The van der Waals surface area contributed by atoms with Crippen LogP contribution in [0.15, 0.2) is 36.5 Å². The Morgan fingerprint density at radius 2 is 2.22 bits per heavy atom. The largest absolute Gasteiger partial charge is 0.507 e. The van der Waals surface area contributed by atoms with E-state index in [2.05, 4.69) is 9.88 Å². The van der Waals surface area contributed by atoms with E-state index in [1.54, 1.807) is 18.3 Å². The number of ether oxygens (including phenoxy) is 2. The minimum absolute atomic E-state index is 0.00258. The van der Waals surface area contributed by atoms with Crippen molar-refractivity contribution in [3.05, 3.63) is 53.3 Å². The van der Waals surface area contributed by atoms with Crippen molar-refractivity contribution < 1.29 is 24.5 Å². The molecule has 3 rings (SSSR count). The molecule has 1 fully saturated rings. The summed E-state index contributed by atoms with van der Waals surface area (Å²) in [6.07, 6.45) is 2.85. The van der Waals surface area contributed by atoms with Gasteiger partial charge in [0.2, 0.25) is 0 Å². The zero-order chi connectivity index (χ0) is 19.1. The van der Waals surface area contributed by atoms with Crippen molar-refractivity contribution in [2.75, 3.05) is 33.0 Å². The first-order valence-corrected chi connectivity index (χ1v) is 8.98. The van der Waals surface area contributed by atoms with Gasteiger partial charge < -0.3 is 19.7 Å². The van der Waals surface area contributed by atoms with Crippen LogP contribution in [0.5, 0.6) is 11.5 Å². The summed E-state index contributed by atoms with van der Waals surface area (Å²) in [5.41, 5.74) is 2.12. The number of aromatic nitrogens is 1. The van der Waals surface area contributed by atoms with Gasteiger partial charge in [0.15, 0.2) is 6.29 Å². The van der Waals surface area contributed by atoms with Crippen LogP contribution >= 0.6 is 0 Å². The Morgan fingerprint density at radius 3 is 3.04 bits per heavy atom. The third-order valence-electron chi connectivity index (χ3n) is 4.65. The number of aldehydes is 1. The van der Waals surface area contributed by atoms with Gasteiger partial charge in [-0.15, -0.1) is 0 Å². The second-order valence-electron chi connectivity index (χ2n) is 6.40. The van der Waals surface area contributed by atoms with Crippen LogP contribution in [0.1, 0.15) is 21.6 Å². The number of nitrogens with zero attached hydrogens (tertiary/aromatic N) is 2. The topological polar surface area (TPSA) is 92.1 Å². The first-order valence-electron chi connectivity index (χ1n) is 8.98. The van der Waals surface area contributed by atoms with Crippen molar-refractivity contribution in [2.45, 2.75) is 19.0 Å². The molecule has 1 aliphatic heterocycles. The molecule has 0 saturated carbocycles. The van der Waals surface area contributed by atoms with Gasteiger partial charge in [0.25, 0.3) is 0 Å². The third kappa shape index (κ3) is 4.82. The lowest BCUT2D eigenvalue weighted by Gasteiger charge is -2.35. The average Bonchev–Trinajstić information content (AvgIpc) is 2.69. The van der Waals surface area contributed by atoms with Crippen LogP contribution in [0, 0.1) is 0 Å². The number of carbonyl (C=O) groups is 1. The van der Waals surface area contributed by atoms with Crippen LogP contribution in [-0.4, -0.2) is 65.4 Å². The zero-order valence-corrected chi connectivity index (χ0v) is 15.1. The van der Waals surface area contributed by atoms with Gasteiger partial charge in [-0.25, -0.2) is 0 Å². The lowest BCUT2D eigenvalue weighted by molar-refractivity contribution is -0.0276. The number of rotatable bonds is 8. The third-order valence-corrected chi connectivity index (χ3v) is 4.65. The van der Waals surface area contributed by atoms with E-state index in [0.29, 0.717) is 44.8 Å². The quantitative estimate of drug-likeness (QED) is 0.677. The van der Waals surface area contributed by atoms with Crippen LogP contribution in [0.4, 0.5) is 0 Å². The number of phenolic OH excluding ortho intramolecular Hbond substituents is 1. The van der Waals surface area contributed by atoms with E-state index in [1.165, 1.54) is 6.07 Å². The Labute approximate surface area is 158 Å². The Morgan fingerprint density at radius 1 is 1.33 bits per heavy atom. The van der Waals surface area contributed by atoms with E-state index in [1.807, 2.05) is 12.1 Å². The second-order valence-corrected chi connectivity index (χ2v) is 6.40. The van der Waals surface area contributed by atoms with Crippen molar-refractivity contribution in [1.82, 2.24) is 9.88 Å². The summed E-state index contributed by atoms with van der Waals surface area (Å²) in [7, 11) is 0. The van der Waals surface area contributed by atoms with Crippen LogP contribution in [0.25, 0.3) is 0 Å². The van der Waals surface area contributed by atoms with Crippen molar-refractivity contribution in [3.63, 3.8) is 0 Å². The van der Waals surface area contributed by atoms with E-state index in [0.717, 1.165) is 17.8 Å². The molecule has 2 N–H and O–H groups in total. The van der Waals surface area contributed by atoms with Gasteiger partial charge in [-0.1, -0.05) is 12.1 Å². The number of aliphatic hydroxyl groups is 1. The van der Waals surface area contributed by atoms with E-state index in [4.69, 9.17) is 9.47 Å². The fourth-order valence-electron chi connectivity index (χ4n) is 3.18. The number of pyridine rings is 1. The SMILES string of the molecule is O=Cc1c(O)cccc1OC[C@@H]1COCCN1Cc1cccnc1CCO. The average molecular weight is 372 g/mol. The second kappa shape index (κ2) is 9.45. The molecule has 0 spiro atoms. The molecule has 0 unspecified atom stereocenters. The number of benzene rings is 1. The number of morpholine rings is 1. The Bertz CT molecular complexity index is 768. The molecule has 144 valence electrons. The summed E-state index contributed by atoms with van der Waals surface area (Å²) in [5.74, 6) is 0.265. The van der Waals surface area contributed by atoms with Gasteiger partial charge in [0, 0.05) is 38.0 Å². The van der Waals surface area contributed by atoms with Crippen molar-refractivity contribution in [3.8, 4) is 11.5 Å². The molecule has 1 aliphatic rings. The number of aliphatic hydroxyl groups excluding tert-OH is 1. The molecule has 0 aliphatic carbocycles. The fraction of sp³-hybridized carbons (Fsp3) is 0.400. The van der Waals surface area contributed by atoms with Gasteiger partial charge in [-0.2, -0.15) is 0 Å². The van der Waals surface area contributed by atoms with Crippen LogP contribution < -0.4 is 4.74 Å². The molecular weight excluding hydrogens is 348 g/mol. The number of hydrogen-bond acceptors (Lipinski definition) is 7. The zero-order valence-electron chi connectivity index (χ0n) is 15.1. The highest BCUT2D eigenvalue weighted by Crippen LogP contribution is 2.26. The van der Waals surface area contributed by atoms with Crippen molar-refractivity contribution in [1.29, 1.82) is 0 Å². The van der Waals surface area contributed by atoms with Crippen molar-refractivity contribution >= 4 is 6.29 Å². The molecule has 0 radical (unpaired) electrons. The monoisotopic (exact) mass is 372 g/mol. The summed E-state index contributed by atoms with van der Waals surface area (Å²) < 4.78 is 11.4. The van der Waals surface area contributed by atoms with Gasteiger partial charge in [0.05, 0.1) is 24.8 Å². The Kier molecular flexibility index (Phi) is 6.75. The van der Waals surface area contributed by atoms with Crippen LogP contribution in [0.3, 0.4) is 0 Å². The molecule has 27 heavy (non-hydrogen) atoms. The van der Waals surface area contributed by atoms with Gasteiger partial charge in [-0.05, 0) is 23.8 Å². The number of phenols is 1. The lowest BCUT2D eigenvalue weighted by Crippen LogP contribution is -2.48. The predicted molar refractivity (Wildman–Crippen MR) is 99.0 cm³/mol. The molecule has 0 bridgehead atoms. The number of aromatic hydroxyl groups is 1. The maximum Gasteiger partial charge on any atom is 0.157 e. The standard InChI is InChI=1S/C20H24N2O5/c23-9-6-18-15(3-2-7-21-18)11-22-8-10-26-13-16(22)14-27-20-5-1-4-19(25)17(20)12-24/h1-5,7,12,16,23,25H,6,8-11,13-14H2/t16-/m0/s1. The minimum Gasteiger partial charge on any atom is -0.507 e. The molecular formula is C20H24N2O5. The molecule has 7 heteroatoms. The molecule has 1 saturated heterocycles. The van der Waals surface area contributed by atoms with E-state index in [9.17, 15) is 15.0 Å². The summed E-state index contributed by atoms with van der Waals surface area (Å²) in [6.45, 7) is 2.98. The Balaban J connectivity index is 1.69. The van der Waals surface area contributed by atoms with E-state index in [-0.39, 0.29) is 24.0 Å². The maximum atomic E-state index is 11.2. The maximum absolute atomic E-state index is 11.2. The van der Waals surface area contributed by atoms with Crippen molar-refractivity contribution in [2.24, 2.45) is 0 Å². The number of carbonyl (C=O) groups excluding carboxylic acids is 1. The summed E-state index contributed by atoms with van der Waals surface area (Å²) in [5, 5.41) is 19.0. The number of hydrogen-bond donors (Lipinski definition) is 2. The highest BCUT2D eigenvalue weighted by Gasteiger charge is 2.25. The fourth-order valence-corrected chi connectivity index (χ4v) is 3.18. The molecule has 1 aromatic heterocycles. The Hall–Kier alpha value is -2.48. The summed E-state index contributed by atoms with van der Waals surface area (Å²) >= 11 is 0. The van der Waals surface area contributed by atoms with Gasteiger partial charge in [0.1, 0.15) is 18.1 Å². The predicted octanol–water partition coefficient (Wildman–Crippen LogP) is 1.41. The molecule has 1 atom stereocenters. The van der Waals surface area contributed by atoms with Crippen LogP contribution in [0.2, 0.25) is 0 Å². The first-order chi connectivity index (χ1) is 13.2. The molecule has 7 nitrogen and oxygen atoms in total. The summed E-state index contributed by atoms with van der Waals surface area (Å²) in [6, 6.07) is 8.68. The normalized spacial score (nSPS) is 17.6. The van der Waals surface area contributed by atoms with Crippen LogP contribution in [-0.2, 0) is 17.7 Å². The lowest BCUT2D eigenvalue weighted by atomic mass is 10.1. The molecule has 2 aromatic rings. The van der Waals surface area contributed by atoms with Gasteiger partial charge >= 0.3 is 0 Å². The molecule has 0 amide bonds. The summed E-state index contributed by atoms with van der Waals surface area (Å²) in [4.78, 5) is 17.8. The smallest absolute Gasteiger partial charge is 0.157 e. The van der Waals surface area contributed by atoms with Gasteiger partial charge in [-0.3, -0.25) is 14.7 Å². The highest BCUT2D eigenvalue weighted by molar-refractivity contribution is 5.83. The van der Waals surface area contributed by atoms with E-state index < -0.39 is 0 Å². The molecule has 2 heterocycles.